The Labute approximate surface area is 213 Å². The number of anilines is 2. The molecule has 4 heterocycles. The van der Waals surface area contributed by atoms with Crippen LogP contribution >= 0.6 is 11.3 Å². The number of nitrogens with one attached hydrogen (secondary N) is 2. The first-order valence-corrected chi connectivity index (χ1v) is 12.9. The Balaban J connectivity index is 1.55. The Hall–Kier alpha value is -3.69. The monoisotopic (exact) mass is 504 g/mol. The van der Waals surface area contributed by atoms with Crippen molar-refractivity contribution < 1.29 is 19.1 Å². The molecule has 1 atom stereocenters. The predicted octanol–water partition coefficient (Wildman–Crippen LogP) is 4.71. The highest BCUT2D eigenvalue weighted by Crippen LogP contribution is 2.34. The fourth-order valence-corrected chi connectivity index (χ4v) is 5.09. The van der Waals surface area contributed by atoms with Gasteiger partial charge in [-0.1, -0.05) is 30.3 Å². The van der Waals surface area contributed by atoms with Gasteiger partial charge in [0.15, 0.2) is 5.69 Å². The molecule has 1 aliphatic heterocycles. The maximum atomic E-state index is 13.1. The molecule has 0 bridgehead atoms. The van der Waals surface area contributed by atoms with Crippen molar-refractivity contribution in [3.63, 3.8) is 0 Å². The smallest absolute Gasteiger partial charge is 0.356 e. The van der Waals surface area contributed by atoms with Crippen molar-refractivity contribution in [3.8, 4) is 0 Å². The van der Waals surface area contributed by atoms with Crippen LogP contribution in [-0.2, 0) is 33.8 Å². The van der Waals surface area contributed by atoms with E-state index in [1.165, 1.54) is 12.7 Å². The molecule has 1 amide bonds. The number of pyridine rings is 1. The standard InChI is InChI=1S/C27H28N4O4S/c1-34-27(33)24-23(30-26(32)20-8-11-35-16-20)22-13-21(28-14-19-9-12-36-17-19)15-29-25(22)31(24)10-7-18-5-3-2-4-6-18/h2-6,9,12-13,15,17,20,28H,7-8,10-11,14,16H2,1H3,(H,30,32). The maximum Gasteiger partial charge on any atom is 0.356 e. The van der Waals surface area contributed by atoms with E-state index >= 15 is 0 Å². The summed E-state index contributed by atoms with van der Waals surface area (Å²) < 4.78 is 12.4. The van der Waals surface area contributed by atoms with E-state index in [1.54, 1.807) is 17.5 Å². The highest BCUT2D eigenvalue weighted by atomic mass is 32.1. The number of carbonyl (C=O) groups is 2. The first kappa shape index (κ1) is 24.0. The number of aryl methyl sites for hydroxylation is 2. The SMILES string of the molecule is COC(=O)c1c(NC(=O)C2CCOC2)c2cc(NCc3ccsc3)cnc2n1CCc1ccccc1. The van der Waals surface area contributed by atoms with Crippen LogP contribution in [0.25, 0.3) is 11.0 Å². The summed E-state index contributed by atoms with van der Waals surface area (Å²) in [6.45, 7) is 2.08. The number of hydrogen-bond donors (Lipinski definition) is 2. The topological polar surface area (TPSA) is 94.5 Å². The molecule has 36 heavy (non-hydrogen) atoms. The number of fused-ring (bicyclic) bond motifs is 1. The highest BCUT2D eigenvalue weighted by Gasteiger charge is 2.29. The van der Waals surface area contributed by atoms with E-state index in [0.717, 1.165) is 11.3 Å². The average molecular weight is 505 g/mol. The summed E-state index contributed by atoms with van der Waals surface area (Å²) in [6.07, 6.45) is 3.10. The Morgan fingerprint density at radius 3 is 2.81 bits per heavy atom. The van der Waals surface area contributed by atoms with E-state index in [1.807, 2.05) is 46.3 Å². The molecular weight excluding hydrogens is 476 g/mol. The van der Waals surface area contributed by atoms with E-state index < -0.39 is 5.97 Å². The minimum Gasteiger partial charge on any atom is -0.464 e. The van der Waals surface area contributed by atoms with Crippen molar-refractivity contribution in [2.75, 3.05) is 31.0 Å². The first-order valence-electron chi connectivity index (χ1n) is 11.9. The van der Waals surface area contributed by atoms with Gasteiger partial charge >= 0.3 is 5.97 Å². The van der Waals surface area contributed by atoms with Gasteiger partial charge in [0.1, 0.15) is 5.65 Å². The largest absolute Gasteiger partial charge is 0.464 e. The van der Waals surface area contributed by atoms with Crippen LogP contribution in [0.15, 0.2) is 59.4 Å². The van der Waals surface area contributed by atoms with Crippen molar-refractivity contribution in [3.05, 3.63) is 76.2 Å². The number of aromatic nitrogens is 2. The Morgan fingerprint density at radius 1 is 1.22 bits per heavy atom. The third kappa shape index (κ3) is 5.12. The van der Waals surface area contributed by atoms with Gasteiger partial charge < -0.3 is 24.7 Å². The van der Waals surface area contributed by atoms with Gasteiger partial charge in [-0.05, 0) is 46.9 Å². The normalized spacial score (nSPS) is 15.2. The first-order chi connectivity index (χ1) is 17.6. The van der Waals surface area contributed by atoms with E-state index in [2.05, 4.69) is 22.1 Å². The summed E-state index contributed by atoms with van der Waals surface area (Å²) in [6, 6.07) is 14.0. The second-order valence-electron chi connectivity index (χ2n) is 8.73. The number of thiophene rings is 1. The van der Waals surface area contributed by atoms with Gasteiger partial charge in [0.25, 0.3) is 0 Å². The van der Waals surface area contributed by atoms with Gasteiger partial charge in [0.05, 0.1) is 37.2 Å². The summed E-state index contributed by atoms with van der Waals surface area (Å²) in [5.74, 6) is -0.950. The molecule has 2 N–H and O–H groups in total. The molecule has 0 saturated carbocycles. The van der Waals surface area contributed by atoms with Crippen LogP contribution < -0.4 is 10.6 Å². The van der Waals surface area contributed by atoms with Crippen LogP contribution in [0.1, 0.15) is 28.0 Å². The molecule has 3 aromatic heterocycles. The second kappa shape index (κ2) is 10.9. The summed E-state index contributed by atoms with van der Waals surface area (Å²) in [4.78, 5) is 30.8. The van der Waals surface area contributed by atoms with Crippen LogP contribution in [0.4, 0.5) is 11.4 Å². The van der Waals surface area contributed by atoms with Crippen molar-refractivity contribution in [2.45, 2.75) is 25.9 Å². The van der Waals surface area contributed by atoms with Gasteiger partial charge in [-0.3, -0.25) is 4.79 Å². The van der Waals surface area contributed by atoms with Gasteiger partial charge in [0, 0.05) is 25.1 Å². The maximum absolute atomic E-state index is 13.1. The molecule has 1 fully saturated rings. The summed E-state index contributed by atoms with van der Waals surface area (Å²) in [7, 11) is 1.35. The minimum atomic E-state index is -0.521. The van der Waals surface area contributed by atoms with Crippen LogP contribution in [0.5, 0.6) is 0 Å². The molecule has 186 valence electrons. The van der Waals surface area contributed by atoms with Crippen LogP contribution in [0, 0.1) is 5.92 Å². The number of esters is 1. The van der Waals surface area contributed by atoms with Crippen molar-refractivity contribution in [1.82, 2.24) is 9.55 Å². The van der Waals surface area contributed by atoms with Gasteiger partial charge in [0.2, 0.25) is 5.91 Å². The lowest BCUT2D eigenvalue weighted by Gasteiger charge is -2.12. The number of nitrogens with zero attached hydrogens (tertiary/aromatic N) is 2. The van der Waals surface area contributed by atoms with E-state index in [9.17, 15) is 9.59 Å². The number of methoxy groups -OCH3 is 1. The molecule has 1 unspecified atom stereocenters. The molecule has 0 aliphatic carbocycles. The number of hydrogen-bond acceptors (Lipinski definition) is 7. The van der Waals surface area contributed by atoms with Gasteiger partial charge in [-0.25, -0.2) is 9.78 Å². The molecule has 5 rings (SSSR count). The van der Waals surface area contributed by atoms with Crippen molar-refractivity contribution in [2.24, 2.45) is 5.92 Å². The zero-order chi connectivity index (χ0) is 24.9. The van der Waals surface area contributed by atoms with E-state index in [-0.39, 0.29) is 17.5 Å². The van der Waals surface area contributed by atoms with Crippen LogP contribution in [-0.4, -0.2) is 41.8 Å². The van der Waals surface area contributed by atoms with Gasteiger partial charge in [-0.2, -0.15) is 11.3 Å². The third-order valence-corrected chi connectivity index (χ3v) is 7.10. The molecule has 4 aromatic rings. The Bertz CT molecular complexity index is 1350. The summed E-state index contributed by atoms with van der Waals surface area (Å²) in [5, 5.41) is 11.2. The molecule has 1 aromatic carbocycles. The lowest BCUT2D eigenvalue weighted by atomic mass is 10.1. The molecule has 8 nitrogen and oxygen atoms in total. The lowest BCUT2D eigenvalue weighted by molar-refractivity contribution is -0.119. The zero-order valence-electron chi connectivity index (χ0n) is 20.0. The Kier molecular flexibility index (Phi) is 7.29. The predicted molar refractivity (Wildman–Crippen MR) is 140 cm³/mol. The number of rotatable bonds is 9. The van der Waals surface area contributed by atoms with E-state index in [0.29, 0.717) is 55.9 Å². The molecule has 1 aliphatic rings. The second-order valence-corrected chi connectivity index (χ2v) is 9.51. The fourth-order valence-electron chi connectivity index (χ4n) is 4.42. The zero-order valence-corrected chi connectivity index (χ0v) is 20.8. The molecular formula is C27H28N4O4S. The molecule has 0 spiro atoms. The highest BCUT2D eigenvalue weighted by molar-refractivity contribution is 7.07. The number of carbonyl (C=O) groups excluding carboxylic acids is 2. The molecule has 0 radical (unpaired) electrons. The van der Waals surface area contributed by atoms with Gasteiger partial charge in [-0.15, -0.1) is 0 Å². The number of amides is 1. The Morgan fingerprint density at radius 2 is 2.08 bits per heavy atom. The van der Waals surface area contributed by atoms with E-state index in [4.69, 9.17) is 14.5 Å². The van der Waals surface area contributed by atoms with Crippen molar-refractivity contribution >= 4 is 45.6 Å². The quantitative estimate of drug-likeness (QED) is 0.321. The fraction of sp³-hybridized carbons (Fsp3) is 0.296. The lowest BCUT2D eigenvalue weighted by Crippen LogP contribution is -2.24. The summed E-state index contributed by atoms with van der Waals surface area (Å²) in [5.41, 5.74) is 4.44. The summed E-state index contributed by atoms with van der Waals surface area (Å²) >= 11 is 1.65. The van der Waals surface area contributed by atoms with Crippen molar-refractivity contribution in [1.29, 1.82) is 0 Å². The average Bonchev–Trinajstić information content (AvgIpc) is 3.68. The van der Waals surface area contributed by atoms with Crippen LogP contribution in [0.3, 0.4) is 0 Å². The third-order valence-electron chi connectivity index (χ3n) is 6.37. The van der Waals surface area contributed by atoms with Crippen LogP contribution in [0.2, 0.25) is 0 Å². The number of benzene rings is 1. The molecule has 1 saturated heterocycles. The molecule has 9 heteroatoms. The number of ether oxygens (including phenoxy) is 2. The minimum absolute atomic E-state index is 0.170.